The van der Waals surface area contributed by atoms with Crippen molar-refractivity contribution in [1.82, 2.24) is 34.1 Å². The van der Waals surface area contributed by atoms with Crippen molar-refractivity contribution < 1.29 is 47.1 Å². The number of ether oxygens (including phenoxy) is 2. The second-order valence-electron chi connectivity index (χ2n) is 9.75. The number of aliphatic hydroxyl groups excluding tert-OH is 1. The number of rotatable bonds is 10. The van der Waals surface area contributed by atoms with Crippen LogP contribution in [0.4, 0.5) is 11.8 Å². The highest BCUT2D eigenvalue weighted by Gasteiger charge is 2.44. The minimum Gasteiger partial charge on any atom is -0.394 e. The van der Waals surface area contributed by atoms with E-state index in [0.29, 0.717) is 11.0 Å². The standard InChI is InChI=1S/C21H27N9O11P2/c22-17-15-10(1-2-24-17)29(7-25-15)14-4-11(40-42(33)34)13(39-14)6-37-43(35,36)41-12-3-9(5-31)38-20(12)30-8-26-16-18(30)27-21(23)28-19(16)32/h1-2,7-9,11-14,20,31,42H,3-6H2,(H2,22,24)(H,33,34)(H,35,36)(H3,23,27,28,32)/t9-,11?,12?,13+,14+,20+/m0/s1. The van der Waals surface area contributed by atoms with Crippen LogP contribution in [0.15, 0.2) is 29.7 Å². The number of hydrogen-bond acceptors (Lipinski definition) is 15. The molecule has 2 fully saturated rings. The van der Waals surface area contributed by atoms with E-state index in [1.807, 2.05) is 0 Å². The van der Waals surface area contributed by atoms with Crippen LogP contribution in [-0.4, -0.2) is 86.6 Å². The summed E-state index contributed by atoms with van der Waals surface area (Å²) in [5, 5.41) is 9.68. The van der Waals surface area contributed by atoms with Gasteiger partial charge in [-0.1, -0.05) is 0 Å². The van der Waals surface area contributed by atoms with Crippen molar-refractivity contribution in [2.45, 2.75) is 49.7 Å². The molecule has 232 valence electrons. The first-order chi connectivity index (χ1) is 20.5. The molecule has 6 heterocycles. The number of nitrogens with zero attached hydrogens (tertiary/aromatic N) is 6. The minimum absolute atomic E-state index is 0.0284. The smallest absolute Gasteiger partial charge is 0.394 e. The number of pyridine rings is 1. The molecule has 20 nitrogen and oxygen atoms in total. The summed E-state index contributed by atoms with van der Waals surface area (Å²) in [7, 11) is -8.27. The lowest BCUT2D eigenvalue weighted by Crippen LogP contribution is -2.28. The van der Waals surface area contributed by atoms with Crippen LogP contribution in [0, 0.1) is 0 Å². The fraction of sp³-hybridized carbons (Fsp3) is 0.476. The molecule has 0 amide bonds. The number of aromatic nitrogens is 7. The van der Waals surface area contributed by atoms with Gasteiger partial charge in [-0.2, -0.15) is 4.98 Å². The van der Waals surface area contributed by atoms with Gasteiger partial charge in [0.05, 0.1) is 43.6 Å². The average Bonchev–Trinajstić information content (AvgIpc) is 3.72. The van der Waals surface area contributed by atoms with E-state index in [4.69, 9.17) is 34.5 Å². The molecule has 0 aromatic carbocycles. The fourth-order valence-electron chi connectivity index (χ4n) is 5.16. The molecule has 0 radical (unpaired) electrons. The molecule has 0 bridgehead atoms. The normalized spacial score (nSPS) is 28.1. The zero-order valence-corrected chi connectivity index (χ0v) is 23.9. The van der Waals surface area contributed by atoms with Crippen LogP contribution in [-0.2, 0) is 32.2 Å². The molecular formula is C21H27N9O11P2. The monoisotopic (exact) mass is 643 g/mol. The number of nitrogen functional groups attached to an aromatic ring is 2. The summed E-state index contributed by atoms with van der Waals surface area (Å²) >= 11 is 0. The summed E-state index contributed by atoms with van der Waals surface area (Å²) < 4.78 is 55.2. The van der Waals surface area contributed by atoms with Gasteiger partial charge in [-0.3, -0.25) is 28.0 Å². The Balaban J connectivity index is 1.18. The number of nitrogens with one attached hydrogen (secondary N) is 1. The van der Waals surface area contributed by atoms with Crippen LogP contribution in [0.1, 0.15) is 25.3 Å². The number of imidazole rings is 2. The van der Waals surface area contributed by atoms with E-state index in [1.54, 1.807) is 10.6 Å². The molecule has 43 heavy (non-hydrogen) atoms. The van der Waals surface area contributed by atoms with Gasteiger partial charge in [-0.25, -0.2) is 19.5 Å². The Hall–Kier alpha value is -3.29. The van der Waals surface area contributed by atoms with E-state index in [0.717, 1.165) is 0 Å². The third-order valence-corrected chi connectivity index (χ3v) is 8.52. The number of H-pyrrole nitrogens is 1. The lowest BCUT2D eigenvalue weighted by atomic mass is 10.2. The molecule has 2 saturated heterocycles. The number of phosphoric ester groups is 1. The van der Waals surface area contributed by atoms with Gasteiger partial charge in [0.2, 0.25) is 5.95 Å². The molecular weight excluding hydrogens is 616 g/mol. The zero-order valence-electron chi connectivity index (χ0n) is 22.0. The molecule has 2 aliphatic rings. The molecule has 2 aliphatic heterocycles. The Kier molecular flexibility index (Phi) is 8.07. The van der Waals surface area contributed by atoms with Crippen molar-refractivity contribution in [3.8, 4) is 0 Å². The maximum atomic E-state index is 13.1. The highest BCUT2D eigenvalue weighted by Crippen LogP contribution is 2.50. The van der Waals surface area contributed by atoms with Gasteiger partial charge in [-0.15, -0.1) is 0 Å². The first kappa shape index (κ1) is 29.8. The maximum Gasteiger partial charge on any atom is 0.472 e. The third kappa shape index (κ3) is 5.94. The summed E-state index contributed by atoms with van der Waals surface area (Å²) in [4.78, 5) is 50.9. The average molecular weight is 643 g/mol. The van der Waals surface area contributed by atoms with Crippen molar-refractivity contribution >= 4 is 50.0 Å². The Morgan fingerprint density at radius 2 is 1.91 bits per heavy atom. The van der Waals surface area contributed by atoms with Gasteiger partial charge < -0.3 is 44.9 Å². The molecule has 6 rings (SSSR count). The highest BCUT2D eigenvalue weighted by molar-refractivity contribution is 7.47. The van der Waals surface area contributed by atoms with Crippen molar-refractivity contribution in [2.24, 2.45) is 0 Å². The van der Waals surface area contributed by atoms with Gasteiger partial charge in [0.25, 0.3) is 5.56 Å². The van der Waals surface area contributed by atoms with Crippen LogP contribution in [0.3, 0.4) is 0 Å². The Morgan fingerprint density at radius 3 is 2.67 bits per heavy atom. The lowest BCUT2D eigenvalue weighted by Gasteiger charge is -2.24. The molecule has 0 spiro atoms. The number of aliphatic hydroxyl groups is 1. The SMILES string of the molecule is Nc1nc2c(ncn2[C@@H]2O[C@H](CO)CC2OP(=O)(O)OC[C@H]2O[C@@H](n3cnc4c(N)nccc43)CC2O[PH](=O)O)c(=O)[nH]1. The van der Waals surface area contributed by atoms with E-state index in [-0.39, 0.29) is 35.8 Å². The molecule has 4 unspecified atom stereocenters. The number of aromatic amines is 1. The largest absolute Gasteiger partial charge is 0.472 e. The predicted molar refractivity (Wildman–Crippen MR) is 145 cm³/mol. The fourth-order valence-corrected chi connectivity index (χ4v) is 6.59. The van der Waals surface area contributed by atoms with Gasteiger partial charge >= 0.3 is 16.1 Å². The third-order valence-electron chi connectivity index (χ3n) is 7.01. The number of phosphoric acid groups is 1. The molecule has 22 heteroatoms. The van der Waals surface area contributed by atoms with Crippen molar-refractivity contribution in [3.63, 3.8) is 0 Å². The van der Waals surface area contributed by atoms with Crippen LogP contribution in [0.2, 0.25) is 0 Å². The van der Waals surface area contributed by atoms with Crippen molar-refractivity contribution in [1.29, 1.82) is 0 Å². The summed E-state index contributed by atoms with van der Waals surface area (Å²) in [6.07, 6.45) is -1.68. The summed E-state index contributed by atoms with van der Waals surface area (Å²) in [6, 6.07) is 1.66. The zero-order chi connectivity index (χ0) is 30.5. The summed E-state index contributed by atoms with van der Waals surface area (Å²) in [5.74, 6) is 0.0126. The van der Waals surface area contributed by atoms with Gasteiger partial charge in [0, 0.05) is 19.0 Å². The second kappa shape index (κ2) is 11.7. The molecule has 8 atom stereocenters. The summed E-state index contributed by atoms with van der Waals surface area (Å²) in [6.45, 7) is -0.999. The van der Waals surface area contributed by atoms with Crippen molar-refractivity contribution in [2.75, 3.05) is 24.7 Å². The quantitative estimate of drug-likeness (QED) is 0.119. The summed E-state index contributed by atoms with van der Waals surface area (Å²) in [5.41, 5.74) is 11.9. The lowest BCUT2D eigenvalue weighted by molar-refractivity contribution is -0.0578. The van der Waals surface area contributed by atoms with Crippen molar-refractivity contribution in [3.05, 3.63) is 35.3 Å². The minimum atomic E-state index is -4.86. The van der Waals surface area contributed by atoms with Gasteiger partial charge in [-0.05, 0) is 6.07 Å². The number of nitrogens with two attached hydrogens (primary N) is 2. The number of fused-ring (bicyclic) bond motifs is 2. The van der Waals surface area contributed by atoms with Crippen LogP contribution in [0.25, 0.3) is 22.2 Å². The van der Waals surface area contributed by atoms with Gasteiger partial charge in [0.1, 0.15) is 24.0 Å². The molecule has 4 aromatic heterocycles. The van der Waals surface area contributed by atoms with E-state index in [9.17, 15) is 28.8 Å². The van der Waals surface area contributed by atoms with E-state index >= 15 is 0 Å². The highest BCUT2D eigenvalue weighted by atomic mass is 31.2. The van der Waals surface area contributed by atoms with Crippen LogP contribution >= 0.6 is 16.1 Å². The van der Waals surface area contributed by atoms with Crippen LogP contribution < -0.4 is 17.0 Å². The second-order valence-corrected chi connectivity index (χ2v) is 11.9. The maximum absolute atomic E-state index is 13.1. The van der Waals surface area contributed by atoms with Gasteiger partial charge in [0.15, 0.2) is 23.2 Å². The topological polar surface area (TPSA) is 287 Å². The number of hydrogen-bond donors (Lipinski definition) is 6. The molecule has 4 aromatic rings. The Morgan fingerprint density at radius 1 is 1.14 bits per heavy atom. The predicted octanol–water partition coefficient (Wildman–Crippen LogP) is -0.434. The first-order valence-corrected chi connectivity index (χ1v) is 15.6. The van der Waals surface area contributed by atoms with E-state index < -0.39 is 71.7 Å². The Bertz CT molecular complexity index is 1780. The van der Waals surface area contributed by atoms with E-state index in [2.05, 4.69) is 24.9 Å². The molecule has 0 saturated carbocycles. The molecule has 8 N–H and O–H groups in total. The van der Waals surface area contributed by atoms with E-state index in [1.165, 1.54) is 23.4 Å². The van der Waals surface area contributed by atoms with Crippen LogP contribution in [0.5, 0.6) is 0 Å². The molecule has 0 aliphatic carbocycles. The first-order valence-electron chi connectivity index (χ1n) is 12.8. The number of anilines is 2. The Labute approximate surface area is 241 Å².